The highest BCUT2D eigenvalue weighted by Gasteiger charge is 2.79. The highest BCUT2D eigenvalue weighted by molar-refractivity contribution is 5.22. The van der Waals surface area contributed by atoms with Gasteiger partial charge < -0.3 is 5.11 Å². The number of fused-ring (bicyclic) bond motifs is 9. The molecule has 4 rings (SSSR count). The van der Waals surface area contributed by atoms with E-state index in [0.29, 0.717) is 18.3 Å². The van der Waals surface area contributed by atoms with Gasteiger partial charge in [0.25, 0.3) is 5.92 Å². The van der Waals surface area contributed by atoms with Crippen LogP contribution in [0.1, 0.15) is 25.7 Å². The fraction of sp³-hybridized carbons (Fsp3) is 1.00. The lowest BCUT2D eigenvalue weighted by atomic mass is 9.65. The van der Waals surface area contributed by atoms with Gasteiger partial charge in [0.05, 0.1) is 6.61 Å². The minimum atomic E-state index is -3.31. The van der Waals surface area contributed by atoms with Crippen LogP contribution in [0.25, 0.3) is 0 Å². The summed E-state index contributed by atoms with van der Waals surface area (Å²) in [5.74, 6) is -3.65. The third kappa shape index (κ3) is 0.925. The van der Waals surface area contributed by atoms with Gasteiger partial charge in [0, 0.05) is 11.8 Å². The summed E-state index contributed by atoms with van der Waals surface area (Å²) in [4.78, 5) is 0. The summed E-state index contributed by atoms with van der Waals surface area (Å²) >= 11 is 0. The van der Waals surface area contributed by atoms with Crippen LogP contribution in [0.5, 0.6) is 0 Å². The van der Waals surface area contributed by atoms with Crippen molar-refractivity contribution >= 4 is 0 Å². The maximum atomic E-state index is 14.5. The van der Waals surface area contributed by atoms with E-state index in [1.807, 2.05) is 0 Å². The van der Waals surface area contributed by atoms with E-state index in [-0.39, 0.29) is 11.8 Å². The quantitative estimate of drug-likeness (QED) is 0.705. The second-order valence-electron chi connectivity index (χ2n) is 6.58. The molecule has 0 radical (unpaired) electrons. The van der Waals surface area contributed by atoms with Gasteiger partial charge in [-0.15, -0.1) is 0 Å². The molecule has 96 valence electrons. The van der Waals surface area contributed by atoms with Crippen LogP contribution in [0.2, 0.25) is 0 Å². The number of hydrogen-bond acceptors (Lipinski definition) is 1. The van der Waals surface area contributed by atoms with Gasteiger partial charge >= 0.3 is 0 Å². The molecule has 4 bridgehead atoms. The first-order chi connectivity index (χ1) is 8.00. The number of aliphatic hydroxyl groups excluding tert-OH is 1. The minimum Gasteiger partial charge on any atom is -0.393 e. The molecule has 4 aliphatic rings. The Kier molecular flexibility index (Phi) is 1.78. The summed E-state index contributed by atoms with van der Waals surface area (Å²) in [6.45, 7) is -1.01. The molecular weight excluding hydrogens is 229 g/mol. The van der Waals surface area contributed by atoms with Crippen molar-refractivity contribution in [2.45, 2.75) is 37.3 Å². The Hall–Kier alpha value is -0.250. The van der Waals surface area contributed by atoms with Crippen molar-refractivity contribution in [3.63, 3.8) is 0 Å². The Morgan fingerprint density at radius 3 is 2.12 bits per heavy atom. The average Bonchev–Trinajstić information content (AvgIpc) is 2.99. The summed E-state index contributed by atoms with van der Waals surface area (Å²) in [6.07, 6.45) is 3.47. The molecule has 1 nitrogen and oxygen atoms in total. The molecule has 0 heterocycles. The van der Waals surface area contributed by atoms with Crippen LogP contribution in [-0.4, -0.2) is 23.3 Å². The van der Waals surface area contributed by atoms with E-state index in [1.54, 1.807) is 0 Å². The standard InChI is InChI=1S/C13H17F3O/c14-12(5-17)8-4-9(13(12,15)16)11-7-2-1-6(3-7)10(8)11/h6-11,17H,1-5H2. The zero-order valence-electron chi connectivity index (χ0n) is 9.58. The van der Waals surface area contributed by atoms with E-state index >= 15 is 0 Å². The third-order valence-electron chi connectivity index (χ3n) is 6.32. The van der Waals surface area contributed by atoms with E-state index in [1.165, 1.54) is 0 Å². The molecule has 1 N–H and O–H groups in total. The van der Waals surface area contributed by atoms with Crippen molar-refractivity contribution in [3.8, 4) is 0 Å². The first-order valence-electron chi connectivity index (χ1n) is 6.68. The van der Waals surface area contributed by atoms with Gasteiger partial charge in [0.2, 0.25) is 0 Å². The highest BCUT2D eigenvalue weighted by atomic mass is 19.3. The van der Waals surface area contributed by atoms with Crippen LogP contribution >= 0.6 is 0 Å². The Morgan fingerprint density at radius 1 is 0.941 bits per heavy atom. The van der Waals surface area contributed by atoms with Gasteiger partial charge in [-0.1, -0.05) is 0 Å². The molecule has 0 aliphatic heterocycles. The lowest BCUT2D eigenvalue weighted by molar-refractivity contribution is -0.215. The topological polar surface area (TPSA) is 20.2 Å². The van der Waals surface area contributed by atoms with Crippen LogP contribution < -0.4 is 0 Å². The highest BCUT2D eigenvalue weighted by Crippen LogP contribution is 2.74. The van der Waals surface area contributed by atoms with Crippen LogP contribution in [0.3, 0.4) is 0 Å². The SMILES string of the molecule is OCC1(F)C2CC(C3C4CCC(C4)C32)C1(F)F. The molecule has 4 saturated carbocycles. The summed E-state index contributed by atoms with van der Waals surface area (Å²) in [6, 6.07) is 0. The zero-order valence-corrected chi connectivity index (χ0v) is 9.58. The molecule has 0 aromatic heterocycles. The van der Waals surface area contributed by atoms with Gasteiger partial charge in [-0.2, -0.15) is 0 Å². The van der Waals surface area contributed by atoms with Gasteiger partial charge in [-0.05, 0) is 49.4 Å². The Labute approximate surface area is 98.4 Å². The van der Waals surface area contributed by atoms with Crippen molar-refractivity contribution in [2.24, 2.45) is 35.5 Å². The summed E-state index contributed by atoms with van der Waals surface area (Å²) < 4.78 is 42.7. The number of aliphatic hydroxyl groups is 1. The van der Waals surface area contributed by atoms with Crippen molar-refractivity contribution in [2.75, 3.05) is 6.61 Å². The summed E-state index contributed by atoms with van der Waals surface area (Å²) in [5, 5.41) is 9.12. The van der Waals surface area contributed by atoms with Crippen molar-refractivity contribution in [1.29, 1.82) is 0 Å². The molecule has 7 unspecified atom stereocenters. The lowest BCUT2D eigenvalue weighted by Crippen LogP contribution is -2.57. The molecule has 0 spiro atoms. The molecule has 0 amide bonds. The maximum absolute atomic E-state index is 14.5. The lowest BCUT2D eigenvalue weighted by Gasteiger charge is -2.45. The summed E-state index contributed by atoms with van der Waals surface area (Å²) in [7, 11) is 0. The predicted octanol–water partition coefficient (Wildman–Crippen LogP) is 2.63. The number of alkyl halides is 3. The van der Waals surface area contributed by atoms with Gasteiger partial charge in [0.1, 0.15) is 0 Å². The molecule has 4 heteroatoms. The molecule has 7 atom stereocenters. The second-order valence-corrected chi connectivity index (χ2v) is 6.58. The van der Waals surface area contributed by atoms with E-state index in [4.69, 9.17) is 5.11 Å². The molecule has 4 aliphatic carbocycles. The summed E-state index contributed by atoms with van der Waals surface area (Å²) in [5.41, 5.74) is -2.64. The number of rotatable bonds is 1. The van der Waals surface area contributed by atoms with Crippen LogP contribution in [-0.2, 0) is 0 Å². The monoisotopic (exact) mass is 246 g/mol. The predicted molar refractivity (Wildman–Crippen MR) is 55.3 cm³/mol. The largest absolute Gasteiger partial charge is 0.393 e. The van der Waals surface area contributed by atoms with Gasteiger partial charge in [-0.25, -0.2) is 13.2 Å². The number of halogens is 3. The van der Waals surface area contributed by atoms with Crippen molar-refractivity contribution in [3.05, 3.63) is 0 Å². The van der Waals surface area contributed by atoms with Crippen LogP contribution in [0.15, 0.2) is 0 Å². The van der Waals surface area contributed by atoms with Crippen LogP contribution in [0, 0.1) is 35.5 Å². The first kappa shape index (κ1) is 10.7. The molecule has 0 aromatic rings. The zero-order chi connectivity index (χ0) is 12.0. The van der Waals surface area contributed by atoms with Gasteiger partial charge in [0.15, 0.2) is 5.67 Å². The fourth-order valence-electron chi connectivity index (χ4n) is 5.82. The van der Waals surface area contributed by atoms with Gasteiger partial charge in [-0.3, -0.25) is 0 Å². The van der Waals surface area contributed by atoms with E-state index in [0.717, 1.165) is 19.3 Å². The van der Waals surface area contributed by atoms with E-state index in [9.17, 15) is 13.2 Å². The average molecular weight is 246 g/mol. The second kappa shape index (κ2) is 2.84. The number of hydrogen-bond donors (Lipinski definition) is 1. The van der Waals surface area contributed by atoms with E-state index in [2.05, 4.69) is 0 Å². The molecule has 0 aromatic carbocycles. The Morgan fingerprint density at radius 2 is 1.53 bits per heavy atom. The molecule has 17 heavy (non-hydrogen) atoms. The smallest absolute Gasteiger partial charge is 0.287 e. The molecule has 4 fully saturated rings. The minimum absolute atomic E-state index is 0.0455. The van der Waals surface area contributed by atoms with E-state index < -0.39 is 30.0 Å². The molecular formula is C13H17F3O. The Balaban J connectivity index is 1.79. The normalized spacial score (nSPS) is 62.1. The third-order valence-corrected chi connectivity index (χ3v) is 6.32. The van der Waals surface area contributed by atoms with Crippen LogP contribution in [0.4, 0.5) is 13.2 Å². The van der Waals surface area contributed by atoms with Crippen molar-refractivity contribution < 1.29 is 18.3 Å². The maximum Gasteiger partial charge on any atom is 0.287 e. The fourth-order valence-corrected chi connectivity index (χ4v) is 5.82. The molecule has 0 saturated heterocycles. The Bertz CT molecular complexity index is 372. The van der Waals surface area contributed by atoms with Crippen molar-refractivity contribution in [1.82, 2.24) is 0 Å². The first-order valence-corrected chi connectivity index (χ1v) is 6.68.